The van der Waals surface area contributed by atoms with Crippen molar-refractivity contribution in [3.8, 4) is 0 Å². The number of amides is 3. The monoisotopic (exact) mass is 377 g/mol. The highest BCUT2D eigenvalue weighted by Crippen LogP contribution is 2.29. The van der Waals surface area contributed by atoms with Crippen LogP contribution < -0.4 is 16.0 Å². The number of anilines is 2. The zero-order chi connectivity index (χ0) is 19.4. The minimum absolute atomic E-state index is 0.0294. The van der Waals surface area contributed by atoms with Gasteiger partial charge in [0.2, 0.25) is 5.91 Å². The van der Waals surface area contributed by atoms with E-state index in [9.17, 15) is 22.8 Å². The molecule has 3 rings (SSSR count). The van der Waals surface area contributed by atoms with Crippen molar-refractivity contribution < 1.29 is 22.8 Å². The smallest absolute Gasteiger partial charge is 0.353 e. The highest BCUT2D eigenvalue weighted by Gasteiger charge is 2.30. The fourth-order valence-electron chi connectivity index (χ4n) is 2.43. The third kappa shape index (κ3) is 5.73. The first-order chi connectivity index (χ1) is 12.8. The zero-order valence-corrected chi connectivity index (χ0v) is 14.3. The molecule has 1 aliphatic carbocycles. The molecule has 0 aromatic heterocycles. The summed E-state index contributed by atoms with van der Waals surface area (Å²) in [5, 5.41) is 7.95. The van der Waals surface area contributed by atoms with Crippen LogP contribution in [0.5, 0.6) is 0 Å². The van der Waals surface area contributed by atoms with E-state index in [1.54, 1.807) is 24.3 Å². The average Bonchev–Trinajstić information content (AvgIpc) is 3.40. The van der Waals surface area contributed by atoms with Crippen molar-refractivity contribution >= 4 is 23.3 Å². The second kappa shape index (κ2) is 7.69. The van der Waals surface area contributed by atoms with Crippen molar-refractivity contribution in [2.24, 2.45) is 0 Å². The Morgan fingerprint density at radius 3 is 1.89 bits per heavy atom. The predicted octanol–water partition coefficient (Wildman–Crippen LogP) is 4.17. The molecule has 0 bridgehead atoms. The van der Waals surface area contributed by atoms with Crippen molar-refractivity contribution in [1.29, 1.82) is 0 Å². The highest BCUT2D eigenvalue weighted by atomic mass is 19.4. The molecule has 8 heteroatoms. The van der Waals surface area contributed by atoms with E-state index in [-0.39, 0.29) is 18.0 Å². The molecule has 1 fully saturated rings. The summed E-state index contributed by atoms with van der Waals surface area (Å²) in [6.45, 7) is 0. The van der Waals surface area contributed by atoms with E-state index in [4.69, 9.17) is 0 Å². The van der Waals surface area contributed by atoms with Crippen LogP contribution >= 0.6 is 0 Å². The molecule has 0 saturated heterocycles. The molecule has 142 valence electrons. The van der Waals surface area contributed by atoms with E-state index in [2.05, 4.69) is 16.0 Å². The van der Waals surface area contributed by atoms with Crippen LogP contribution in [-0.4, -0.2) is 18.0 Å². The molecule has 3 amide bonds. The molecule has 1 aliphatic rings. The fraction of sp³-hybridized carbons (Fsp3) is 0.263. The molecule has 5 nitrogen and oxygen atoms in total. The second-order valence-electron chi connectivity index (χ2n) is 6.37. The maximum atomic E-state index is 12.5. The van der Waals surface area contributed by atoms with Gasteiger partial charge in [0.1, 0.15) is 0 Å². The van der Waals surface area contributed by atoms with Crippen LogP contribution in [0.15, 0.2) is 48.5 Å². The van der Waals surface area contributed by atoms with E-state index < -0.39 is 17.8 Å². The van der Waals surface area contributed by atoms with Gasteiger partial charge in [0.25, 0.3) is 0 Å². The average molecular weight is 377 g/mol. The van der Waals surface area contributed by atoms with Crippen LogP contribution in [-0.2, 0) is 17.4 Å². The number of hydrogen-bond acceptors (Lipinski definition) is 2. The minimum Gasteiger partial charge on any atom is -0.353 e. The maximum Gasteiger partial charge on any atom is 0.416 e. The van der Waals surface area contributed by atoms with Gasteiger partial charge in [-0.3, -0.25) is 4.79 Å². The molecule has 3 N–H and O–H groups in total. The lowest BCUT2D eigenvalue weighted by Gasteiger charge is -2.10. The van der Waals surface area contributed by atoms with Crippen molar-refractivity contribution in [1.82, 2.24) is 5.32 Å². The van der Waals surface area contributed by atoms with Crippen molar-refractivity contribution in [3.63, 3.8) is 0 Å². The molecule has 1 saturated carbocycles. The van der Waals surface area contributed by atoms with Gasteiger partial charge in [-0.15, -0.1) is 0 Å². The summed E-state index contributed by atoms with van der Waals surface area (Å²) in [6, 6.07) is 10.7. The van der Waals surface area contributed by atoms with E-state index in [0.717, 1.165) is 30.5 Å². The van der Waals surface area contributed by atoms with Crippen LogP contribution in [0.2, 0.25) is 0 Å². The van der Waals surface area contributed by atoms with Gasteiger partial charge in [-0.25, -0.2) is 4.79 Å². The Hall–Kier alpha value is -3.03. The van der Waals surface area contributed by atoms with Gasteiger partial charge in [0.15, 0.2) is 0 Å². The number of carbonyl (C=O) groups is 2. The molecule has 0 atom stereocenters. The normalized spacial score (nSPS) is 13.7. The third-order valence-electron chi connectivity index (χ3n) is 3.99. The van der Waals surface area contributed by atoms with Gasteiger partial charge in [0.05, 0.1) is 12.0 Å². The van der Waals surface area contributed by atoms with Crippen molar-refractivity contribution in [2.45, 2.75) is 31.5 Å². The van der Waals surface area contributed by atoms with Crippen LogP contribution in [0.25, 0.3) is 0 Å². The van der Waals surface area contributed by atoms with Crippen LogP contribution in [0, 0.1) is 0 Å². The predicted molar refractivity (Wildman–Crippen MR) is 95.4 cm³/mol. The minimum atomic E-state index is -4.42. The number of alkyl halides is 3. The molecule has 2 aromatic rings. The summed E-state index contributed by atoms with van der Waals surface area (Å²) in [5.74, 6) is -0.0294. The first-order valence-electron chi connectivity index (χ1n) is 8.43. The van der Waals surface area contributed by atoms with Gasteiger partial charge in [-0.1, -0.05) is 12.1 Å². The molecule has 0 heterocycles. The van der Waals surface area contributed by atoms with Crippen molar-refractivity contribution in [3.05, 3.63) is 59.7 Å². The molecule has 0 aliphatic heterocycles. The van der Waals surface area contributed by atoms with Crippen molar-refractivity contribution in [2.75, 3.05) is 10.6 Å². The van der Waals surface area contributed by atoms with Gasteiger partial charge >= 0.3 is 12.2 Å². The van der Waals surface area contributed by atoms with Gasteiger partial charge in [-0.2, -0.15) is 13.2 Å². The molecule has 27 heavy (non-hydrogen) atoms. The van der Waals surface area contributed by atoms with Crippen LogP contribution in [0.3, 0.4) is 0 Å². The summed E-state index contributed by atoms with van der Waals surface area (Å²) >= 11 is 0. The Morgan fingerprint density at radius 1 is 0.889 bits per heavy atom. The Kier molecular flexibility index (Phi) is 5.34. The molecule has 0 radical (unpaired) electrons. The number of carbonyl (C=O) groups excluding carboxylic acids is 2. The molecule has 0 spiro atoms. The lowest BCUT2D eigenvalue weighted by atomic mass is 10.1. The van der Waals surface area contributed by atoms with E-state index in [1.807, 2.05) is 0 Å². The fourth-order valence-corrected chi connectivity index (χ4v) is 2.43. The highest BCUT2D eigenvalue weighted by molar-refractivity contribution is 5.99. The molecule has 2 aromatic carbocycles. The van der Waals surface area contributed by atoms with E-state index in [1.165, 1.54) is 12.1 Å². The first kappa shape index (κ1) is 18.8. The largest absolute Gasteiger partial charge is 0.416 e. The number of nitrogens with one attached hydrogen (secondary N) is 3. The summed E-state index contributed by atoms with van der Waals surface area (Å²) in [5.41, 5.74) is 0.788. The van der Waals surface area contributed by atoms with Crippen LogP contribution in [0.4, 0.5) is 29.3 Å². The lowest BCUT2D eigenvalue weighted by Crippen LogP contribution is -2.26. The Morgan fingerprint density at radius 2 is 1.41 bits per heavy atom. The Balaban J connectivity index is 1.50. The zero-order valence-electron chi connectivity index (χ0n) is 14.3. The lowest BCUT2D eigenvalue weighted by molar-refractivity contribution is -0.137. The number of benzene rings is 2. The number of halogens is 3. The first-order valence-corrected chi connectivity index (χ1v) is 8.43. The van der Waals surface area contributed by atoms with E-state index in [0.29, 0.717) is 11.7 Å². The van der Waals surface area contributed by atoms with Gasteiger partial charge in [0, 0.05) is 17.4 Å². The second-order valence-corrected chi connectivity index (χ2v) is 6.37. The summed E-state index contributed by atoms with van der Waals surface area (Å²) in [6.07, 6.45) is -2.09. The number of urea groups is 1. The maximum absolute atomic E-state index is 12.5. The SMILES string of the molecule is O=C(Cc1ccc(NC(=O)Nc2ccc(C(F)(F)F)cc2)cc1)NC1CC1. The third-order valence-corrected chi connectivity index (χ3v) is 3.99. The van der Waals surface area contributed by atoms with E-state index >= 15 is 0 Å². The van der Waals surface area contributed by atoms with Crippen LogP contribution in [0.1, 0.15) is 24.0 Å². The topological polar surface area (TPSA) is 70.2 Å². The summed E-state index contributed by atoms with van der Waals surface area (Å²) in [4.78, 5) is 23.7. The Bertz CT molecular complexity index is 814. The standard InChI is InChI=1S/C19H18F3N3O2/c20-19(21,22)13-3-7-16(8-4-13)25-18(27)24-15-5-1-12(2-6-15)11-17(26)23-14-9-10-14/h1-8,14H,9-11H2,(H,23,26)(H2,24,25,27). The number of rotatable bonds is 5. The number of hydrogen-bond donors (Lipinski definition) is 3. The van der Waals surface area contributed by atoms with Gasteiger partial charge < -0.3 is 16.0 Å². The molecular formula is C19H18F3N3O2. The molecule has 0 unspecified atom stereocenters. The molecular weight excluding hydrogens is 359 g/mol. The van der Waals surface area contributed by atoms with Gasteiger partial charge in [-0.05, 0) is 54.8 Å². The Labute approximate surface area is 154 Å². The quantitative estimate of drug-likeness (QED) is 0.732. The summed E-state index contributed by atoms with van der Waals surface area (Å²) < 4.78 is 37.6. The summed E-state index contributed by atoms with van der Waals surface area (Å²) in [7, 11) is 0.